The van der Waals surface area contributed by atoms with Crippen molar-refractivity contribution in [1.82, 2.24) is 25.8 Å². The van der Waals surface area contributed by atoms with Gasteiger partial charge in [-0.3, -0.25) is 24.0 Å². The molecular weight excluding hydrogens is 1730 g/mol. The van der Waals surface area contributed by atoms with Gasteiger partial charge in [0, 0.05) is 117 Å². The molecule has 3 N–H and O–H groups in total. The van der Waals surface area contributed by atoms with E-state index < -0.39 is 121 Å². The van der Waals surface area contributed by atoms with E-state index in [1.165, 1.54) is 36.4 Å². The number of rotatable bonds is 46. The van der Waals surface area contributed by atoms with Gasteiger partial charge in [0.1, 0.15) is 50.4 Å². The second-order valence-corrected chi connectivity index (χ2v) is 37.2. The number of nitrogens with one attached hydrogen (secondary N) is 3. The van der Waals surface area contributed by atoms with E-state index in [0.717, 1.165) is 38.3 Å². The van der Waals surface area contributed by atoms with Crippen LogP contribution >= 0.6 is 0 Å². The van der Waals surface area contributed by atoms with Gasteiger partial charge in [0.25, 0.3) is 5.92 Å². The summed E-state index contributed by atoms with van der Waals surface area (Å²) in [6.45, 7) is 11.6. The predicted octanol–water partition coefficient (Wildman–Crippen LogP) is -2.43. The molecule has 6 aliphatic rings. The Hall–Kier alpha value is -5.79. The van der Waals surface area contributed by atoms with Gasteiger partial charge < -0.3 is 82.0 Å². The van der Waals surface area contributed by atoms with E-state index in [1.807, 2.05) is 91.8 Å². The summed E-state index contributed by atoms with van der Waals surface area (Å²) in [5.41, 5.74) is 6.68. The number of fused-ring (bicyclic) bond motifs is 3. The number of anilines is 1. The number of amides is 5. The third-order valence-electron chi connectivity index (χ3n) is 21.9. The number of hydrogen-bond acceptors (Lipinski definition) is 26. The van der Waals surface area contributed by atoms with Gasteiger partial charge in [-0.25, -0.2) is 42.5 Å². The Morgan fingerprint density at radius 3 is 1.87 bits per heavy atom. The molecule has 0 spiro atoms. The first-order valence-corrected chi connectivity index (χ1v) is 46.1. The Morgan fingerprint density at radius 1 is 0.669 bits per heavy atom. The van der Waals surface area contributed by atoms with Crippen molar-refractivity contribution < 1.29 is 211 Å². The van der Waals surface area contributed by atoms with Crippen LogP contribution < -0.4 is 114 Å². The number of nitriles is 1. The molecule has 10 rings (SSSR count). The largest absolute Gasteiger partial charge is 1.00 e. The Morgan fingerprint density at radius 2 is 1.26 bits per heavy atom. The normalized spacial score (nSPS) is 19.0. The van der Waals surface area contributed by atoms with Crippen LogP contribution in [-0.4, -0.2) is 236 Å². The number of aryl methyl sites for hydroxylation is 1. The summed E-state index contributed by atoms with van der Waals surface area (Å²) in [4.78, 5) is 68.4. The van der Waals surface area contributed by atoms with Crippen molar-refractivity contribution in [2.75, 3.05) is 122 Å². The number of alkyl halides is 2. The topological polar surface area (TPSA) is 451 Å². The third kappa shape index (κ3) is 30.1. The van der Waals surface area contributed by atoms with Crippen molar-refractivity contribution in [3.63, 3.8) is 0 Å². The number of unbranched alkanes of at least 4 members (excludes halogenated alkanes) is 2. The number of benzene rings is 4. The van der Waals surface area contributed by atoms with E-state index in [-0.39, 0.29) is 210 Å². The van der Waals surface area contributed by atoms with Gasteiger partial charge in [-0.05, 0) is 159 Å². The molecule has 0 radical (unpaired) electrons. The van der Waals surface area contributed by atoms with Crippen molar-refractivity contribution >= 4 is 87.1 Å². The van der Waals surface area contributed by atoms with E-state index >= 15 is 0 Å². The van der Waals surface area contributed by atoms with Crippen LogP contribution in [0.15, 0.2) is 136 Å². The zero-order chi connectivity index (χ0) is 87.5. The zero-order valence-corrected chi connectivity index (χ0v) is 80.3. The molecule has 4 aromatic rings. The van der Waals surface area contributed by atoms with Crippen LogP contribution in [-0.2, 0) is 130 Å². The molecule has 4 aromatic carbocycles. The van der Waals surface area contributed by atoms with Crippen molar-refractivity contribution in [3.05, 3.63) is 159 Å². The molecule has 0 saturated carbocycles. The molecule has 2 saturated heterocycles. The molecule has 32 nitrogen and oxygen atoms in total. The minimum absolute atomic E-state index is 0. The number of likely N-dealkylation sites (tertiary alicyclic amines) is 1. The predicted molar refractivity (Wildman–Crippen MR) is 432 cm³/mol. The van der Waals surface area contributed by atoms with Gasteiger partial charge in [-0.15, -0.1) is 0 Å². The monoisotopic (exact) mass is 1830 g/mol. The standard InChI is InChI=1S/C83H106F2N8O24S4.3Na/c1-81(2)68-49-65(120(105,106)107)22-24-71(68)91(31-5-7-45-118(99,100)101)73(81)26-18-58-11-9-12-59(19-27-74-82(3,4)69-50-66(121(108,109)110)23-25-72(69)92(74)32-6-8-46-119(102,103)104)78(58)117-64-20-15-57(16-21-64)17-28-75(94)87-30-34-112-36-38-114-40-42-116-44-43-115-41-39-113-37-35-111-33-29-76(95)88-53-60-13-10-14-61-54-90(55-67(60)61)77(96)48-62-47-70(89-79(62)97)80(98)93-56-83(84,85)51-63(93)52-86;;;/h10,13-16,18-27,49-50,62-63,70H,5-9,11-12,17,28-48,51,53-56H2,1-4H3,(H6-,87,88,89,94,95,97,99,100,101,102,103,104,105,106,107,108,109,110);;;/q;3*+1/p-3/t62-,63-,70-;;;/m0.../s1. The molecule has 41 heteroatoms. The molecule has 660 valence electrons. The molecule has 5 aliphatic heterocycles. The second-order valence-electron chi connectivity index (χ2n) is 31.4. The molecule has 0 aromatic heterocycles. The second kappa shape index (κ2) is 47.7. The number of halogens is 2. The molecule has 2 fully saturated rings. The van der Waals surface area contributed by atoms with Crippen LogP contribution in [0.2, 0.25) is 0 Å². The average molecular weight is 1830 g/mol. The van der Waals surface area contributed by atoms with Gasteiger partial charge >= 0.3 is 88.7 Å². The van der Waals surface area contributed by atoms with E-state index in [2.05, 4.69) is 16.0 Å². The quantitative estimate of drug-likeness (QED) is 0.0179. The maximum atomic E-state index is 14.0. The first kappa shape index (κ1) is 105. The number of carbonyl (C=O) groups is 5. The summed E-state index contributed by atoms with van der Waals surface area (Å²) in [6, 6.07) is 20.3. The van der Waals surface area contributed by atoms with Gasteiger partial charge in [-0.2, -0.15) is 9.84 Å². The fraction of sp³-hybridized carbons (Fsp3) is 0.530. The van der Waals surface area contributed by atoms with Crippen LogP contribution in [0.4, 0.5) is 20.2 Å². The zero-order valence-electron chi connectivity index (χ0n) is 71.0. The minimum Gasteiger partial charge on any atom is -0.748 e. The average Bonchev–Trinajstić information content (AvgIpc) is 1.59. The SMILES string of the molecule is CC1(C)C(/C=C/C2=C(Oc3ccc(CCC(=O)NCCOCCOCCOCCOCCOCCOCCC(=O)NCc4cccc5c4CN(C(=O)C[C@@H]4C[C@@H](C(=O)N6CC(F)(F)C[C@H]6C#N)NC4=O)C5)cc3)C(=C/C=C3/N(CCCCS(=O)(=O)[O-])c4ccc(S(=O)(=O)[O-])cc4C3(C)C)/CCC2)=[N+](CCCCS(=O)(=O)[O-])c2ccc(S(=O)(=O)[O-])cc21.[Na+].[Na+].[Na+]. The number of allylic oxidation sites excluding steroid dienone is 7. The van der Waals surface area contributed by atoms with E-state index in [4.69, 9.17) is 33.2 Å². The van der Waals surface area contributed by atoms with Gasteiger partial charge in [0.05, 0.1) is 127 Å². The fourth-order valence-electron chi connectivity index (χ4n) is 15.6. The number of hydrogen-bond donors (Lipinski definition) is 3. The van der Waals surface area contributed by atoms with Crippen molar-refractivity contribution in [2.45, 2.75) is 169 Å². The Kier molecular flexibility index (Phi) is 40.5. The molecule has 5 heterocycles. The summed E-state index contributed by atoms with van der Waals surface area (Å²) < 4.78 is 214. The van der Waals surface area contributed by atoms with Crippen molar-refractivity contribution in [3.8, 4) is 11.8 Å². The van der Waals surface area contributed by atoms with Crippen LogP contribution in [0.3, 0.4) is 0 Å². The Bertz CT molecular complexity index is 5150. The first-order valence-electron chi connectivity index (χ1n) is 40.2. The first-order chi connectivity index (χ1) is 57.3. The summed E-state index contributed by atoms with van der Waals surface area (Å²) >= 11 is 0. The summed E-state index contributed by atoms with van der Waals surface area (Å²) in [5, 5.41) is 17.6. The van der Waals surface area contributed by atoms with Crippen molar-refractivity contribution in [2.24, 2.45) is 5.92 Å². The van der Waals surface area contributed by atoms with Crippen molar-refractivity contribution in [1.29, 1.82) is 5.26 Å². The Labute approximate surface area is 789 Å². The summed E-state index contributed by atoms with van der Waals surface area (Å²) in [6.07, 6.45) is 9.47. The summed E-state index contributed by atoms with van der Waals surface area (Å²) in [7, 11) is -18.8. The molecular formula is C83H103F2N8Na3O24S4. The maximum absolute atomic E-state index is 14.0. The van der Waals surface area contributed by atoms with Crippen LogP contribution in [0, 0.1) is 17.2 Å². The van der Waals surface area contributed by atoms with E-state index in [9.17, 15) is 89.9 Å². The summed E-state index contributed by atoms with van der Waals surface area (Å²) in [5.74, 6) is -6.33. The smallest absolute Gasteiger partial charge is 0.748 e. The van der Waals surface area contributed by atoms with Crippen LogP contribution in [0.1, 0.15) is 138 Å². The number of ether oxygens (including phenoxy) is 7. The maximum Gasteiger partial charge on any atom is 1.00 e. The molecule has 0 bridgehead atoms. The number of nitrogens with zero attached hydrogens (tertiary/aromatic N) is 5. The van der Waals surface area contributed by atoms with Gasteiger partial charge in [0.15, 0.2) is 5.71 Å². The van der Waals surface area contributed by atoms with Crippen LogP contribution in [0.25, 0.3) is 0 Å². The minimum atomic E-state index is -4.87. The van der Waals surface area contributed by atoms with E-state index in [0.29, 0.717) is 137 Å². The Balaban J connectivity index is 0.00000704. The molecule has 3 atom stereocenters. The van der Waals surface area contributed by atoms with Crippen LogP contribution in [0.5, 0.6) is 5.75 Å². The fourth-order valence-corrected chi connectivity index (χ4v) is 17.7. The molecule has 0 unspecified atom stereocenters. The number of carbonyl (C=O) groups excluding carboxylic acids is 5. The molecule has 5 amide bonds. The van der Waals surface area contributed by atoms with E-state index in [1.54, 1.807) is 23.1 Å². The van der Waals surface area contributed by atoms with Gasteiger partial charge in [-0.1, -0.05) is 50.3 Å². The molecule has 1 aliphatic carbocycles. The van der Waals surface area contributed by atoms with Gasteiger partial charge in [0.2, 0.25) is 35.2 Å². The third-order valence-corrected chi connectivity index (χ3v) is 25.2. The molecule has 124 heavy (non-hydrogen) atoms.